The molecule has 3 rings (SSSR count). The summed E-state index contributed by atoms with van der Waals surface area (Å²) in [5, 5.41) is 3.90. The predicted molar refractivity (Wildman–Crippen MR) is 107 cm³/mol. The molecule has 0 fully saturated rings. The average Bonchev–Trinajstić information content (AvgIpc) is 3.27. The van der Waals surface area contributed by atoms with E-state index < -0.39 is 11.9 Å². The maximum atomic E-state index is 12.3. The van der Waals surface area contributed by atoms with Gasteiger partial charge in [0.25, 0.3) is 5.89 Å². The fraction of sp³-hybridized carbons (Fsp3) is 0.300. The molecule has 0 spiro atoms. The zero-order valence-corrected chi connectivity index (χ0v) is 17.9. The number of esters is 2. The van der Waals surface area contributed by atoms with Crippen LogP contribution in [0.1, 0.15) is 34.6 Å². The molecule has 0 N–H and O–H groups in total. The molecule has 0 aliphatic heterocycles. The summed E-state index contributed by atoms with van der Waals surface area (Å²) in [6, 6.07) is 9.17. The molecule has 0 saturated carbocycles. The summed E-state index contributed by atoms with van der Waals surface area (Å²) in [6.07, 6.45) is 0. The van der Waals surface area contributed by atoms with Crippen molar-refractivity contribution in [1.29, 1.82) is 0 Å². The van der Waals surface area contributed by atoms with E-state index in [2.05, 4.69) is 26.1 Å². The highest BCUT2D eigenvalue weighted by molar-refractivity contribution is 9.10. The van der Waals surface area contributed by atoms with Gasteiger partial charge in [0.05, 0.1) is 12.2 Å². The van der Waals surface area contributed by atoms with Gasteiger partial charge in [-0.15, -0.1) is 0 Å². The summed E-state index contributed by atoms with van der Waals surface area (Å²) in [6.45, 7) is 5.43. The first kappa shape index (κ1) is 20.8. The summed E-state index contributed by atoms with van der Waals surface area (Å²) in [5.74, 6) is -0.286. The Bertz CT molecular complexity index is 1040. The molecule has 0 radical (unpaired) electrons. The van der Waals surface area contributed by atoms with E-state index in [-0.39, 0.29) is 25.6 Å². The van der Waals surface area contributed by atoms with Crippen LogP contribution in [0.5, 0.6) is 0 Å². The summed E-state index contributed by atoms with van der Waals surface area (Å²) >= 11 is 3.39. The zero-order chi connectivity index (χ0) is 21.0. The summed E-state index contributed by atoms with van der Waals surface area (Å²) in [4.78, 5) is 28.5. The lowest BCUT2D eigenvalue weighted by Crippen LogP contribution is -2.16. The van der Waals surface area contributed by atoms with Gasteiger partial charge in [0, 0.05) is 21.4 Å². The fourth-order valence-corrected chi connectivity index (χ4v) is 3.23. The van der Waals surface area contributed by atoms with Gasteiger partial charge in [-0.3, -0.25) is 4.79 Å². The van der Waals surface area contributed by atoms with E-state index in [1.54, 1.807) is 24.5 Å². The Morgan fingerprint density at radius 3 is 2.72 bits per heavy atom. The molecule has 0 aliphatic rings. The van der Waals surface area contributed by atoms with Crippen LogP contribution in [0.2, 0.25) is 0 Å². The van der Waals surface area contributed by atoms with Gasteiger partial charge >= 0.3 is 11.9 Å². The molecule has 0 aliphatic carbocycles. The molecular weight excluding hydrogens is 442 g/mol. The standard InChI is InChI=1S/C20H20BrN3O5/c1-4-27-20(26)16-8-12(2)24(13(16)3)10-18(25)28-11-17-22-19(23-29-17)14-6-5-7-15(21)9-14/h5-9H,4,10-11H2,1-3H3. The second-order valence-electron chi connectivity index (χ2n) is 6.27. The molecule has 0 amide bonds. The van der Waals surface area contributed by atoms with Crippen LogP contribution in [0.25, 0.3) is 11.4 Å². The first-order chi connectivity index (χ1) is 13.9. The molecular formula is C20H20BrN3O5. The van der Waals surface area contributed by atoms with E-state index in [1.165, 1.54) is 0 Å². The second-order valence-corrected chi connectivity index (χ2v) is 7.19. The number of hydrogen-bond donors (Lipinski definition) is 0. The van der Waals surface area contributed by atoms with E-state index in [1.807, 2.05) is 31.2 Å². The van der Waals surface area contributed by atoms with Crippen molar-refractivity contribution in [2.45, 2.75) is 33.9 Å². The third-order valence-corrected chi connectivity index (χ3v) is 4.76. The van der Waals surface area contributed by atoms with Crippen molar-refractivity contribution < 1.29 is 23.6 Å². The highest BCUT2D eigenvalue weighted by atomic mass is 79.9. The maximum absolute atomic E-state index is 12.3. The highest BCUT2D eigenvalue weighted by Crippen LogP contribution is 2.21. The van der Waals surface area contributed by atoms with Crippen LogP contribution in [-0.4, -0.2) is 33.3 Å². The lowest BCUT2D eigenvalue weighted by atomic mass is 10.2. The van der Waals surface area contributed by atoms with Crippen LogP contribution in [0.15, 0.2) is 39.3 Å². The van der Waals surface area contributed by atoms with Gasteiger partial charge in [0.15, 0.2) is 6.61 Å². The Morgan fingerprint density at radius 2 is 2.00 bits per heavy atom. The molecule has 29 heavy (non-hydrogen) atoms. The van der Waals surface area contributed by atoms with Crippen LogP contribution in [0.3, 0.4) is 0 Å². The van der Waals surface area contributed by atoms with Crippen molar-refractivity contribution in [2.75, 3.05) is 6.61 Å². The number of benzene rings is 1. The number of halogens is 1. The van der Waals surface area contributed by atoms with Gasteiger partial charge < -0.3 is 18.6 Å². The molecule has 2 aromatic heterocycles. The molecule has 1 aromatic carbocycles. The predicted octanol–water partition coefficient (Wildman–Crippen LogP) is 3.84. The molecule has 0 atom stereocenters. The SMILES string of the molecule is CCOC(=O)c1cc(C)n(CC(=O)OCc2nc(-c3cccc(Br)c3)no2)c1C. The van der Waals surface area contributed by atoms with Crippen LogP contribution in [-0.2, 0) is 27.4 Å². The van der Waals surface area contributed by atoms with Crippen molar-refractivity contribution in [3.8, 4) is 11.4 Å². The molecule has 2 heterocycles. The second kappa shape index (κ2) is 9.04. The molecule has 0 saturated heterocycles. The topological polar surface area (TPSA) is 96.5 Å². The lowest BCUT2D eigenvalue weighted by molar-refractivity contribution is -0.146. The summed E-state index contributed by atoms with van der Waals surface area (Å²) < 4.78 is 18.0. The molecule has 3 aromatic rings. The van der Waals surface area contributed by atoms with Crippen LogP contribution in [0.4, 0.5) is 0 Å². The highest BCUT2D eigenvalue weighted by Gasteiger charge is 2.19. The molecule has 152 valence electrons. The molecule has 8 nitrogen and oxygen atoms in total. The number of aryl methyl sites for hydroxylation is 1. The van der Waals surface area contributed by atoms with Gasteiger partial charge in [0.1, 0.15) is 6.54 Å². The Kier molecular flexibility index (Phi) is 6.48. The monoisotopic (exact) mass is 461 g/mol. The number of rotatable bonds is 7. The van der Waals surface area contributed by atoms with Crippen LogP contribution < -0.4 is 0 Å². The summed E-state index contributed by atoms with van der Waals surface area (Å²) in [5.41, 5.74) is 2.63. The zero-order valence-electron chi connectivity index (χ0n) is 16.3. The number of carbonyl (C=O) groups excluding carboxylic acids is 2. The van der Waals surface area contributed by atoms with Crippen molar-refractivity contribution >= 4 is 27.9 Å². The van der Waals surface area contributed by atoms with E-state index in [9.17, 15) is 9.59 Å². The number of aromatic nitrogens is 3. The van der Waals surface area contributed by atoms with Gasteiger partial charge in [0.2, 0.25) is 5.82 Å². The normalized spacial score (nSPS) is 10.8. The number of hydrogen-bond acceptors (Lipinski definition) is 7. The Morgan fingerprint density at radius 1 is 1.21 bits per heavy atom. The first-order valence-electron chi connectivity index (χ1n) is 8.97. The van der Waals surface area contributed by atoms with Crippen molar-refractivity contribution in [3.63, 3.8) is 0 Å². The lowest BCUT2D eigenvalue weighted by Gasteiger charge is -2.09. The van der Waals surface area contributed by atoms with Gasteiger partial charge in [-0.2, -0.15) is 4.98 Å². The smallest absolute Gasteiger partial charge is 0.339 e. The fourth-order valence-electron chi connectivity index (χ4n) is 2.84. The minimum Gasteiger partial charge on any atom is -0.462 e. The van der Waals surface area contributed by atoms with Gasteiger partial charge in [-0.1, -0.05) is 33.2 Å². The first-order valence-corrected chi connectivity index (χ1v) is 9.76. The van der Waals surface area contributed by atoms with E-state index in [0.29, 0.717) is 17.1 Å². The Hall–Kier alpha value is -2.94. The molecule has 0 unspecified atom stereocenters. The third kappa shape index (κ3) is 4.92. The van der Waals surface area contributed by atoms with Crippen molar-refractivity contribution in [2.24, 2.45) is 0 Å². The maximum Gasteiger partial charge on any atom is 0.339 e. The quantitative estimate of drug-likeness (QED) is 0.493. The number of carbonyl (C=O) groups is 2. The van der Waals surface area contributed by atoms with Gasteiger partial charge in [-0.05, 0) is 39.0 Å². The average molecular weight is 462 g/mol. The van der Waals surface area contributed by atoms with Crippen LogP contribution in [0, 0.1) is 13.8 Å². The largest absolute Gasteiger partial charge is 0.462 e. The third-order valence-electron chi connectivity index (χ3n) is 4.26. The minimum atomic E-state index is -0.482. The Labute approximate surface area is 175 Å². The van der Waals surface area contributed by atoms with E-state index in [0.717, 1.165) is 15.7 Å². The van der Waals surface area contributed by atoms with Crippen LogP contribution >= 0.6 is 15.9 Å². The van der Waals surface area contributed by atoms with E-state index in [4.69, 9.17) is 14.0 Å². The molecule has 0 bridgehead atoms. The summed E-state index contributed by atoms with van der Waals surface area (Å²) in [7, 11) is 0. The Balaban J connectivity index is 1.62. The number of ether oxygens (including phenoxy) is 2. The number of nitrogens with zero attached hydrogens (tertiary/aromatic N) is 3. The minimum absolute atomic E-state index is 0.0380. The molecule has 9 heteroatoms. The van der Waals surface area contributed by atoms with Crippen molar-refractivity contribution in [3.05, 3.63) is 57.6 Å². The van der Waals surface area contributed by atoms with Crippen molar-refractivity contribution in [1.82, 2.24) is 14.7 Å². The van der Waals surface area contributed by atoms with Gasteiger partial charge in [-0.25, -0.2) is 4.79 Å². The van der Waals surface area contributed by atoms with E-state index >= 15 is 0 Å².